The maximum atomic E-state index is 10.6. The molecule has 5 N–H and O–H groups in total. The first-order valence-corrected chi connectivity index (χ1v) is 4.25. The van der Waals surface area contributed by atoms with E-state index < -0.39 is 6.03 Å². The lowest BCUT2D eigenvalue weighted by Gasteiger charge is -2.01. The standard InChI is InChI=1S/C10H13N3O/c11-6-2-4-8-3-1-5-9(7-8)13-10(12)14/h1-5,7H,6,11H2,(H3,12,13,14)/b4-2+. The van der Waals surface area contributed by atoms with Gasteiger partial charge in [-0.3, -0.25) is 0 Å². The molecule has 0 radical (unpaired) electrons. The van der Waals surface area contributed by atoms with Crippen LogP contribution >= 0.6 is 0 Å². The van der Waals surface area contributed by atoms with Crippen LogP contribution in [-0.4, -0.2) is 12.6 Å². The van der Waals surface area contributed by atoms with E-state index in [9.17, 15) is 4.79 Å². The van der Waals surface area contributed by atoms with Crippen molar-refractivity contribution in [2.45, 2.75) is 0 Å². The van der Waals surface area contributed by atoms with Crippen LogP contribution in [0.4, 0.5) is 10.5 Å². The van der Waals surface area contributed by atoms with Crippen LogP contribution in [0.3, 0.4) is 0 Å². The summed E-state index contributed by atoms with van der Waals surface area (Å²) < 4.78 is 0. The number of rotatable bonds is 3. The molecule has 0 aliphatic heterocycles. The third kappa shape index (κ3) is 3.28. The molecule has 0 saturated carbocycles. The van der Waals surface area contributed by atoms with E-state index in [4.69, 9.17) is 11.5 Å². The van der Waals surface area contributed by atoms with Crippen molar-refractivity contribution in [1.29, 1.82) is 0 Å². The second-order valence-electron chi connectivity index (χ2n) is 2.75. The summed E-state index contributed by atoms with van der Waals surface area (Å²) in [6.07, 6.45) is 3.72. The molecule has 0 saturated heterocycles. The molecular weight excluding hydrogens is 178 g/mol. The van der Waals surface area contributed by atoms with Gasteiger partial charge in [-0.25, -0.2) is 4.79 Å². The summed E-state index contributed by atoms with van der Waals surface area (Å²) in [6, 6.07) is 6.77. The van der Waals surface area contributed by atoms with Gasteiger partial charge >= 0.3 is 6.03 Å². The summed E-state index contributed by atoms with van der Waals surface area (Å²) >= 11 is 0. The van der Waals surface area contributed by atoms with Gasteiger partial charge in [-0.2, -0.15) is 0 Å². The van der Waals surface area contributed by atoms with Gasteiger partial charge in [0, 0.05) is 12.2 Å². The fraction of sp³-hybridized carbons (Fsp3) is 0.100. The SMILES string of the molecule is NC/C=C/c1cccc(NC(N)=O)c1. The molecule has 4 heteroatoms. The maximum Gasteiger partial charge on any atom is 0.316 e. The Kier molecular flexibility index (Phi) is 3.69. The first-order chi connectivity index (χ1) is 6.72. The molecule has 0 heterocycles. The highest BCUT2D eigenvalue weighted by Gasteiger charge is 1.95. The molecule has 1 aromatic rings. The van der Waals surface area contributed by atoms with Crippen LogP contribution in [0.5, 0.6) is 0 Å². The largest absolute Gasteiger partial charge is 0.351 e. The van der Waals surface area contributed by atoms with Crippen LogP contribution in [0, 0.1) is 0 Å². The van der Waals surface area contributed by atoms with Crippen LogP contribution in [-0.2, 0) is 0 Å². The van der Waals surface area contributed by atoms with E-state index in [1.165, 1.54) is 0 Å². The second-order valence-corrected chi connectivity index (χ2v) is 2.75. The number of urea groups is 1. The van der Waals surface area contributed by atoms with E-state index in [-0.39, 0.29) is 0 Å². The first-order valence-electron chi connectivity index (χ1n) is 4.25. The zero-order chi connectivity index (χ0) is 10.4. The molecule has 0 atom stereocenters. The van der Waals surface area contributed by atoms with Crippen molar-refractivity contribution in [1.82, 2.24) is 0 Å². The molecule has 0 unspecified atom stereocenters. The molecule has 0 fully saturated rings. The van der Waals surface area contributed by atoms with E-state index in [1.807, 2.05) is 30.4 Å². The van der Waals surface area contributed by atoms with Gasteiger partial charge < -0.3 is 16.8 Å². The lowest BCUT2D eigenvalue weighted by Crippen LogP contribution is -2.19. The second kappa shape index (κ2) is 5.04. The lowest BCUT2D eigenvalue weighted by atomic mass is 10.2. The Labute approximate surface area is 82.6 Å². The molecule has 4 nitrogen and oxygen atoms in total. The summed E-state index contributed by atoms with van der Waals surface area (Å²) in [5.74, 6) is 0. The third-order valence-electron chi connectivity index (χ3n) is 1.60. The van der Waals surface area contributed by atoms with Gasteiger partial charge in [0.1, 0.15) is 0 Å². The molecule has 0 aliphatic rings. The maximum absolute atomic E-state index is 10.6. The predicted octanol–water partition coefficient (Wildman–Crippen LogP) is 1.15. The summed E-state index contributed by atoms with van der Waals surface area (Å²) in [4.78, 5) is 10.6. The van der Waals surface area contributed by atoms with Crippen molar-refractivity contribution >= 4 is 17.8 Å². The number of nitrogens with one attached hydrogen (secondary N) is 1. The monoisotopic (exact) mass is 191 g/mol. The zero-order valence-corrected chi connectivity index (χ0v) is 7.73. The van der Waals surface area contributed by atoms with Crippen LogP contribution in [0.25, 0.3) is 6.08 Å². The zero-order valence-electron chi connectivity index (χ0n) is 7.73. The number of carbonyl (C=O) groups is 1. The van der Waals surface area contributed by atoms with Crippen LogP contribution in [0.15, 0.2) is 30.3 Å². The number of anilines is 1. The van der Waals surface area contributed by atoms with Crippen molar-refractivity contribution < 1.29 is 4.79 Å². The summed E-state index contributed by atoms with van der Waals surface area (Å²) in [5.41, 5.74) is 12.0. The highest BCUT2D eigenvalue weighted by Crippen LogP contribution is 2.11. The first kappa shape index (κ1) is 10.3. The number of primary amides is 1. The Hall–Kier alpha value is -1.81. The predicted molar refractivity (Wildman–Crippen MR) is 57.7 cm³/mol. The molecular formula is C10H13N3O. The number of hydrogen-bond donors (Lipinski definition) is 3. The average molecular weight is 191 g/mol. The van der Waals surface area contributed by atoms with Gasteiger partial charge in [0.2, 0.25) is 0 Å². The molecule has 0 aliphatic carbocycles. The average Bonchev–Trinajstić information content (AvgIpc) is 2.14. The number of amides is 2. The third-order valence-corrected chi connectivity index (χ3v) is 1.60. The van der Waals surface area contributed by atoms with Crippen LogP contribution < -0.4 is 16.8 Å². The highest BCUT2D eigenvalue weighted by atomic mass is 16.2. The molecule has 2 amide bonds. The van der Waals surface area contributed by atoms with Crippen molar-refractivity contribution in [3.8, 4) is 0 Å². The molecule has 14 heavy (non-hydrogen) atoms. The van der Waals surface area contributed by atoms with E-state index >= 15 is 0 Å². The van der Waals surface area contributed by atoms with Crippen molar-refractivity contribution in [3.05, 3.63) is 35.9 Å². The van der Waals surface area contributed by atoms with Gasteiger partial charge in [-0.1, -0.05) is 24.3 Å². The Morgan fingerprint density at radius 1 is 1.50 bits per heavy atom. The van der Waals surface area contributed by atoms with Crippen LogP contribution in [0.1, 0.15) is 5.56 Å². The summed E-state index contributed by atoms with van der Waals surface area (Å²) in [7, 11) is 0. The summed E-state index contributed by atoms with van der Waals surface area (Å²) in [6.45, 7) is 0.494. The van der Waals surface area contributed by atoms with Crippen molar-refractivity contribution in [3.63, 3.8) is 0 Å². The van der Waals surface area contributed by atoms with Gasteiger partial charge in [-0.15, -0.1) is 0 Å². The normalized spacial score (nSPS) is 10.4. The number of hydrogen-bond acceptors (Lipinski definition) is 2. The van der Waals surface area contributed by atoms with Crippen LogP contribution in [0.2, 0.25) is 0 Å². The lowest BCUT2D eigenvalue weighted by molar-refractivity contribution is 0.259. The van der Waals surface area contributed by atoms with Gasteiger partial charge in [-0.05, 0) is 17.7 Å². The highest BCUT2D eigenvalue weighted by molar-refractivity contribution is 5.88. The fourth-order valence-corrected chi connectivity index (χ4v) is 1.07. The van der Waals surface area contributed by atoms with Crippen molar-refractivity contribution in [2.24, 2.45) is 11.5 Å². The van der Waals surface area contributed by atoms with E-state index in [0.717, 1.165) is 5.56 Å². The minimum absolute atomic E-state index is 0.494. The molecule has 0 aromatic heterocycles. The Morgan fingerprint density at radius 2 is 2.29 bits per heavy atom. The number of carbonyl (C=O) groups excluding carboxylic acids is 1. The quantitative estimate of drug-likeness (QED) is 0.669. The Bertz CT molecular complexity index is 347. The molecule has 0 spiro atoms. The number of nitrogens with two attached hydrogens (primary N) is 2. The minimum Gasteiger partial charge on any atom is -0.351 e. The van der Waals surface area contributed by atoms with E-state index in [2.05, 4.69) is 5.32 Å². The number of benzene rings is 1. The Morgan fingerprint density at radius 3 is 2.93 bits per heavy atom. The fourth-order valence-electron chi connectivity index (χ4n) is 1.07. The van der Waals surface area contributed by atoms with Gasteiger partial charge in [0.05, 0.1) is 0 Å². The molecule has 1 aromatic carbocycles. The van der Waals surface area contributed by atoms with E-state index in [1.54, 1.807) is 6.07 Å². The smallest absolute Gasteiger partial charge is 0.316 e. The molecule has 74 valence electrons. The summed E-state index contributed by atoms with van der Waals surface area (Å²) in [5, 5.41) is 2.50. The van der Waals surface area contributed by atoms with Crippen molar-refractivity contribution in [2.75, 3.05) is 11.9 Å². The van der Waals surface area contributed by atoms with Gasteiger partial charge in [0.15, 0.2) is 0 Å². The van der Waals surface area contributed by atoms with Gasteiger partial charge in [0.25, 0.3) is 0 Å². The minimum atomic E-state index is -0.565. The van der Waals surface area contributed by atoms with E-state index in [0.29, 0.717) is 12.2 Å². The topological polar surface area (TPSA) is 81.1 Å². The molecule has 1 rings (SSSR count). The Balaban J connectivity index is 2.78. The molecule has 0 bridgehead atoms.